The summed E-state index contributed by atoms with van der Waals surface area (Å²) < 4.78 is 5.75. The molecule has 0 spiro atoms. The van der Waals surface area contributed by atoms with Gasteiger partial charge >= 0.3 is 0 Å². The molecule has 20 heavy (non-hydrogen) atoms. The third-order valence-electron chi connectivity index (χ3n) is 3.86. The fourth-order valence-electron chi connectivity index (χ4n) is 2.72. The molecule has 0 unspecified atom stereocenters. The van der Waals surface area contributed by atoms with Crippen molar-refractivity contribution in [3.05, 3.63) is 48.0 Å². The van der Waals surface area contributed by atoms with Gasteiger partial charge in [-0.25, -0.2) is 0 Å². The number of hydrogen-bond acceptors (Lipinski definition) is 3. The van der Waals surface area contributed by atoms with Crippen LogP contribution in [0.1, 0.15) is 5.56 Å². The Morgan fingerprint density at radius 3 is 2.90 bits per heavy atom. The Hall–Kier alpha value is -1.42. The van der Waals surface area contributed by atoms with Crippen molar-refractivity contribution in [2.45, 2.75) is 12.6 Å². The standard InChI is InChI=1S/C17H22N2O/c1-19-8-9-20-17(13-19)12-18-11-14-6-7-15-4-2-3-5-16(15)10-14/h2-7,10,17-18H,8-9,11-13H2,1H3/t17-/m1/s1. The van der Waals surface area contributed by atoms with Crippen LogP contribution in [-0.4, -0.2) is 44.3 Å². The second-order valence-electron chi connectivity index (χ2n) is 5.57. The zero-order valence-electron chi connectivity index (χ0n) is 12.0. The average Bonchev–Trinajstić information content (AvgIpc) is 2.47. The lowest BCUT2D eigenvalue weighted by molar-refractivity contribution is -0.0182. The average molecular weight is 270 g/mol. The van der Waals surface area contributed by atoms with Crippen LogP contribution < -0.4 is 5.32 Å². The number of fused-ring (bicyclic) bond motifs is 1. The first-order valence-electron chi connectivity index (χ1n) is 7.30. The van der Waals surface area contributed by atoms with Gasteiger partial charge in [-0.3, -0.25) is 0 Å². The highest BCUT2D eigenvalue weighted by atomic mass is 16.5. The molecule has 3 heteroatoms. The van der Waals surface area contributed by atoms with E-state index in [1.807, 2.05) is 0 Å². The van der Waals surface area contributed by atoms with Gasteiger partial charge in [-0.15, -0.1) is 0 Å². The third-order valence-corrected chi connectivity index (χ3v) is 3.86. The molecule has 1 heterocycles. The van der Waals surface area contributed by atoms with E-state index < -0.39 is 0 Å². The predicted molar refractivity (Wildman–Crippen MR) is 82.9 cm³/mol. The molecule has 0 aliphatic carbocycles. The van der Waals surface area contributed by atoms with Crippen molar-refractivity contribution < 1.29 is 4.74 Å². The summed E-state index contributed by atoms with van der Waals surface area (Å²) in [7, 11) is 2.15. The van der Waals surface area contributed by atoms with Crippen molar-refractivity contribution >= 4 is 10.8 Å². The number of benzene rings is 2. The van der Waals surface area contributed by atoms with Crippen LogP contribution in [0.5, 0.6) is 0 Å². The lowest BCUT2D eigenvalue weighted by atomic mass is 10.1. The summed E-state index contributed by atoms with van der Waals surface area (Å²) in [6.45, 7) is 4.72. The molecule has 0 bridgehead atoms. The smallest absolute Gasteiger partial charge is 0.0826 e. The second kappa shape index (κ2) is 6.35. The normalized spacial score (nSPS) is 20.4. The Morgan fingerprint density at radius 2 is 2.05 bits per heavy atom. The molecular formula is C17H22N2O. The summed E-state index contributed by atoms with van der Waals surface area (Å²) in [4.78, 5) is 2.33. The van der Waals surface area contributed by atoms with Gasteiger partial charge in [0.25, 0.3) is 0 Å². The van der Waals surface area contributed by atoms with E-state index in [4.69, 9.17) is 4.74 Å². The first-order chi connectivity index (χ1) is 9.81. The van der Waals surface area contributed by atoms with Crippen molar-refractivity contribution in [3.63, 3.8) is 0 Å². The maximum Gasteiger partial charge on any atom is 0.0826 e. The first kappa shape index (κ1) is 13.6. The minimum absolute atomic E-state index is 0.314. The van der Waals surface area contributed by atoms with Gasteiger partial charge < -0.3 is 15.0 Å². The van der Waals surface area contributed by atoms with E-state index in [1.54, 1.807) is 0 Å². The molecule has 2 aromatic carbocycles. The van der Waals surface area contributed by atoms with E-state index in [0.29, 0.717) is 6.10 Å². The molecule has 1 N–H and O–H groups in total. The number of hydrogen-bond donors (Lipinski definition) is 1. The molecular weight excluding hydrogens is 248 g/mol. The maximum absolute atomic E-state index is 5.75. The molecule has 2 aromatic rings. The van der Waals surface area contributed by atoms with Gasteiger partial charge in [0, 0.05) is 26.2 Å². The van der Waals surface area contributed by atoms with Crippen LogP contribution in [0.25, 0.3) is 10.8 Å². The molecule has 0 aromatic heterocycles. The van der Waals surface area contributed by atoms with Crippen LogP contribution in [0.4, 0.5) is 0 Å². The molecule has 0 radical (unpaired) electrons. The third kappa shape index (κ3) is 3.37. The Bertz CT molecular complexity index is 570. The monoisotopic (exact) mass is 270 g/mol. The molecule has 0 amide bonds. The van der Waals surface area contributed by atoms with Gasteiger partial charge in [-0.2, -0.15) is 0 Å². The van der Waals surface area contributed by atoms with Crippen LogP contribution in [0.3, 0.4) is 0 Å². The van der Waals surface area contributed by atoms with Gasteiger partial charge in [0.05, 0.1) is 12.7 Å². The van der Waals surface area contributed by atoms with Gasteiger partial charge in [0.2, 0.25) is 0 Å². The molecule has 1 aliphatic heterocycles. The van der Waals surface area contributed by atoms with E-state index in [9.17, 15) is 0 Å². The lowest BCUT2D eigenvalue weighted by Gasteiger charge is -2.30. The minimum atomic E-state index is 0.314. The van der Waals surface area contributed by atoms with Crippen molar-refractivity contribution in [3.8, 4) is 0 Å². The summed E-state index contributed by atoms with van der Waals surface area (Å²) in [5.41, 5.74) is 1.33. The van der Waals surface area contributed by atoms with Gasteiger partial charge in [-0.1, -0.05) is 36.4 Å². The van der Waals surface area contributed by atoms with E-state index in [0.717, 1.165) is 32.8 Å². The van der Waals surface area contributed by atoms with Crippen LogP contribution in [0.15, 0.2) is 42.5 Å². The number of likely N-dealkylation sites (N-methyl/N-ethyl adjacent to an activating group) is 1. The Kier molecular flexibility index (Phi) is 4.31. The van der Waals surface area contributed by atoms with Gasteiger partial charge in [0.15, 0.2) is 0 Å². The van der Waals surface area contributed by atoms with Crippen molar-refractivity contribution in [2.24, 2.45) is 0 Å². The molecule has 1 atom stereocenters. The lowest BCUT2D eigenvalue weighted by Crippen LogP contribution is -2.44. The zero-order valence-corrected chi connectivity index (χ0v) is 12.0. The number of morpholine rings is 1. The molecule has 1 aliphatic rings. The predicted octanol–water partition coefficient (Wildman–Crippen LogP) is 2.26. The number of ether oxygens (including phenoxy) is 1. The van der Waals surface area contributed by atoms with Gasteiger partial charge in [0.1, 0.15) is 0 Å². The van der Waals surface area contributed by atoms with Crippen LogP contribution in [0.2, 0.25) is 0 Å². The van der Waals surface area contributed by atoms with Crippen LogP contribution in [-0.2, 0) is 11.3 Å². The fourth-order valence-corrected chi connectivity index (χ4v) is 2.72. The largest absolute Gasteiger partial charge is 0.374 e. The Morgan fingerprint density at radius 1 is 1.20 bits per heavy atom. The molecule has 3 nitrogen and oxygen atoms in total. The number of nitrogens with zero attached hydrogens (tertiary/aromatic N) is 1. The molecule has 1 fully saturated rings. The summed E-state index contributed by atoms with van der Waals surface area (Å²) in [5, 5.41) is 6.11. The molecule has 106 valence electrons. The maximum atomic E-state index is 5.75. The first-order valence-corrected chi connectivity index (χ1v) is 7.30. The highest BCUT2D eigenvalue weighted by molar-refractivity contribution is 5.82. The number of rotatable bonds is 4. The quantitative estimate of drug-likeness (QED) is 0.922. The van der Waals surface area contributed by atoms with Crippen molar-refractivity contribution in [1.82, 2.24) is 10.2 Å². The van der Waals surface area contributed by atoms with Crippen molar-refractivity contribution in [2.75, 3.05) is 33.3 Å². The van der Waals surface area contributed by atoms with Crippen molar-refractivity contribution in [1.29, 1.82) is 0 Å². The Labute approximate surface area is 120 Å². The molecule has 1 saturated heterocycles. The molecule has 0 saturated carbocycles. The summed E-state index contributed by atoms with van der Waals surface area (Å²) in [5.74, 6) is 0. The number of nitrogens with one attached hydrogen (secondary N) is 1. The second-order valence-corrected chi connectivity index (χ2v) is 5.57. The topological polar surface area (TPSA) is 24.5 Å². The highest BCUT2D eigenvalue weighted by Crippen LogP contribution is 2.15. The SMILES string of the molecule is CN1CCO[C@H](CNCc2ccc3ccccc3c2)C1. The fraction of sp³-hybridized carbons (Fsp3) is 0.412. The molecule has 3 rings (SSSR count). The van der Waals surface area contributed by atoms with E-state index in [-0.39, 0.29) is 0 Å². The van der Waals surface area contributed by atoms with Crippen LogP contribution >= 0.6 is 0 Å². The minimum Gasteiger partial charge on any atom is -0.374 e. The van der Waals surface area contributed by atoms with Gasteiger partial charge in [-0.05, 0) is 29.4 Å². The van der Waals surface area contributed by atoms with E-state index in [1.165, 1.54) is 16.3 Å². The van der Waals surface area contributed by atoms with Crippen LogP contribution in [0, 0.1) is 0 Å². The Balaban J connectivity index is 1.54. The summed E-state index contributed by atoms with van der Waals surface area (Å²) in [6.07, 6.45) is 0.314. The summed E-state index contributed by atoms with van der Waals surface area (Å²) >= 11 is 0. The van der Waals surface area contributed by atoms with E-state index in [2.05, 4.69) is 59.7 Å². The highest BCUT2D eigenvalue weighted by Gasteiger charge is 2.16. The zero-order chi connectivity index (χ0) is 13.8. The van der Waals surface area contributed by atoms with E-state index >= 15 is 0 Å². The summed E-state index contributed by atoms with van der Waals surface area (Å²) in [6, 6.07) is 15.1.